The summed E-state index contributed by atoms with van der Waals surface area (Å²) in [5.41, 5.74) is 0. The van der Waals surface area contributed by atoms with Crippen molar-refractivity contribution in [1.82, 2.24) is 0 Å². The van der Waals surface area contributed by atoms with Crippen LogP contribution < -0.4 is 0 Å². The lowest BCUT2D eigenvalue weighted by molar-refractivity contribution is -0.154. The number of carbonyl (C=O) groups excluding carboxylic acids is 3. The predicted molar refractivity (Wildman–Crippen MR) is 107 cm³/mol. The third-order valence-electron chi connectivity index (χ3n) is 5.82. The summed E-state index contributed by atoms with van der Waals surface area (Å²) in [4.78, 5) is 35.4. The van der Waals surface area contributed by atoms with Crippen LogP contribution in [0.1, 0.15) is 71.1 Å². The number of allylic oxidation sites excluding steroid dienone is 4. The molecule has 0 spiro atoms. The monoisotopic (exact) mass is 390 g/mol. The van der Waals surface area contributed by atoms with Gasteiger partial charge in [-0.2, -0.15) is 0 Å². The maximum absolute atomic E-state index is 12.2. The van der Waals surface area contributed by atoms with Gasteiger partial charge in [-0.3, -0.25) is 14.4 Å². The molecule has 4 atom stereocenters. The molecule has 5 heteroatoms. The average molecular weight is 391 g/mol. The molecule has 28 heavy (non-hydrogen) atoms. The van der Waals surface area contributed by atoms with Gasteiger partial charge in [0.25, 0.3) is 0 Å². The smallest absolute Gasteiger partial charge is 0.318 e. The number of esters is 3. The lowest BCUT2D eigenvalue weighted by Crippen LogP contribution is -2.33. The number of methoxy groups -OCH3 is 1. The Morgan fingerprint density at radius 2 is 1.75 bits per heavy atom. The summed E-state index contributed by atoms with van der Waals surface area (Å²) in [7, 11) is 1.42. The largest absolute Gasteiger partial charge is 0.469 e. The molecule has 2 aliphatic rings. The van der Waals surface area contributed by atoms with E-state index in [2.05, 4.69) is 36.0 Å². The fraction of sp³-hybridized carbons (Fsp3) is 0.696. The van der Waals surface area contributed by atoms with E-state index < -0.39 is 0 Å². The van der Waals surface area contributed by atoms with Crippen LogP contribution in [0.15, 0.2) is 24.3 Å². The van der Waals surface area contributed by atoms with E-state index in [9.17, 15) is 14.4 Å². The molecule has 1 saturated heterocycles. The first-order valence-electron chi connectivity index (χ1n) is 10.8. The Morgan fingerprint density at radius 1 is 1.04 bits per heavy atom. The van der Waals surface area contributed by atoms with Crippen LogP contribution in [0.2, 0.25) is 0 Å². The molecule has 0 radical (unpaired) electrons. The molecule has 5 nitrogen and oxygen atoms in total. The molecule has 2 rings (SSSR count). The molecule has 0 amide bonds. The number of fused-ring (bicyclic) bond motifs is 1. The van der Waals surface area contributed by atoms with Gasteiger partial charge >= 0.3 is 17.9 Å². The fourth-order valence-corrected chi connectivity index (χ4v) is 4.19. The van der Waals surface area contributed by atoms with Crippen molar-refractivity contribution in [3.8, 4) is 0 Å². The van der Waals surface area contributed by atoms with Crippen LogP contribution in [0.25, 0.3) is 0 Å². The summed E-state index contributed by atoms with van der Waals surface area (Å²) in [5, 5.41) is 0. The topological polar surface area (TPSA) is 69.7 Å². The minimum Gasteiger partial charge on any atom is -0.469 e. The molecule has 0 N–H and O–H groups in total. The van der Waals surface area contributed by atoms with E-state index in [-0.39, 0.29) is 41.6 Å². The highest BCUT2D eigenvalue weighted by atomic mass is 16.6. The number of rotatable bonds is 12. The second-order valence-corrected chi connectivity index (χ2v) is 7.87. The number of hydrogen-bond donors (Lipinski definition) is 0. The molecule has 0 aromatic carbocycles. The van der Waals surface area contributed by atoms with Crippen molar-refractivity contribution >= 4 is 17.9 Å². The Balaban J connectivity index is 1.74. The SMILES string of the molecule is CCCC[C@H]1C=C[C@@H](/C=C\CCCCCCCC(=O)OC)[C@H]2C(=O)OC(=O)[C@H]21. The van der Waals surface area contributed by atoms with E-state index in [1.54, 1.807) is 0 Å². The van der Waals surface area contributed by atoms with E-state index in [4.69, 9.17) is 4.74 Å². The van der Waals surface area contributed by atoms with E-state index in [0.717, 1.165) is 57.8 Å². The van der Waals surface area contributed by atoms with Gasteiger partial charge in [0.2, 0.25) is 0 Å². The molecule has 1 heterocycles. The molecule has 1 aliphatic carbocycles. The summed E-state index contributed by atoms with van der Waals surface area (Å²) < 4.78 is 9.60. The summed E-state index contributed by atoms with van der Waals surface area (Å²) in [5.74, 6) is -1.42. The van der Waals surface area contributed by atoms with Gasteiger partial charge in [0.05, 0.1) is 18.9 Å². The Hall–Kier alpha value is -1.91. The van der Waals surface area contributed by atoms with Crippen LogP contribution in [0.4, 0.5) is 0 Å². The van der Waals surface area contributed by atoms with Gasteiger partial charge in [0.1, 0.15) is 0 Å². The normalized spacial score (nSPS) is 26.5. The second-order valence-electron chi connectivity index (χ2n) is 7.87. The third-order valence-corrected chi connectivity index (χ3v) is 5.82. The van der Waals surface area contributed by atoms with Crippen LogP contribution in [-0.2, 0) is 23.9 Å². The van der Waals surface area contributed by atoms with Gasteiger partial charge in [-0.25, -0.2) is 0 Å². The molecule has 0 saturated carbocycles. The van der Waals surface area contributed by atoms with Crippen LogP contribution in [0.3, 0.4) is 0 Å². The third kappa shape index (κ3) is 6.32. The zero-order chi connectivity index (χ0) is 20.4. The Bertz CT molecular complexity index is 592. The molecule has 0 aromatic rings. The fourth-order valence-electron chi connectivity index (χ4n) is 4.19. The molecule has 0 aromatic heterocycles. The quantitative estimate of drug-likeness (QED) is 0.208. The summed E-state index contributed by atoms with van der Waals surface area (Å²) >= 11 is 0. The number of ether oxygens (including phenoxy) is 2. The van der Waals surface area contributed by atoms with Crippen molar-refractivity contribution in [3.63, 3.8) is 0 Å². The van der Waals surface area contributed by atoms with Crippen molar-refractivity contribution in [2.75, 3.05) is 7.11 Å². The minimum absolute atomic E-state index is 0.0399. The highest BCUT2D eigenvalue weighted by Gasteiger charge is 2.51. The molecular formula is C23H34O5. The lowest BCUT2D eigenvalue weighted by Gasteiger charge is -2.29. The first-order valence-corrected chi connectivity index (χ1v) is 10.8. The Morgan fingerprint density at radius 3 is 2.50 bits per heavy atom. The first-order chi connectivity index (χ1) is 13.6. The predicted octanol–water partition coefficient (Wildman–Crippen LogP) is 4.75. The van der Waals surface area contributed by atoms with Gasteiger partial charge in [0, 0.05) is 12.3 Å². The Kier molecular flexibility index (Phi) is 9.45. The van der Waals surface area contributed by atoms with Crippen LogP contribution in [-0.4, -0.2) is 25.0 Å². The van der Waals surface area contributed by atoms with Crippen molar-refractivity contribution < 1.29 is 23.9 Å². The van der Waals surface area contributed by atoms with Gasteiger partial charge in [0.15, 0.2) is 0 Å². The summed E-state index contributed by atoms with van der Waals surface area (Å²) in [6, 6.07) is 0. The second kappa shape index (κ2) is 11.8. The van der Waals surface area contributed by atoms with E-state index in [0.29, 0.717) is 6.42 Å². The van der Waals surface area contributed by atoms with Gasteiger partial charge in [-0.1, -0.05) is 63.3 Å². The Labute approximate surface area is 168 Å². The zero-order valence-corrected chi connectivity index (χ0v) is 17.2. The number of hydrogen-bond acceptors (Lipinski definition) is 5. The molecule has 1 fully saturated rings. The number of cyclic esters (lactones) is 2. The lowest BCUT2D eigenvalue weighted by atomic mass is 9.70. The highest BCUT2D eigenvalue weighted by Crippen LogP contribution is 2.42. The van der Waals surface area contributed by atoms with Crippen molar-refractivity contribution in [2.24, 2.45) is 23.7 Å². The number of carbonyl (C=O) groups is 3. The molecule has 0 unspecified atom stereocenters. The standard InChI is InChI=1S/C23H34O5/c1-3-4-12-17-15-16-18(21-20(17)22(25)28-23(21)26)13-10-8-6-5-7-9-11-14-19(24)27-2/h10,13,15-18,20-21H,3-9,11-12,14H2,1-2H3/b13-10-/t17-,18+,20-,21+/m0/s1. The van der Waals surface area contributed by atoms with Gasteiger partial charge < -0.3 is 9.47 Å². The number of unbranched alkanes of at least 4 members (excludes halogenated alkanes) is 6. The van der Waals surface area contributed by atoms with Gasteiger partial charge in [-0.05, 0) is 31.6 Å². The van der Waals surface area contributed by atoms with Crippen molar-refractivity contribution in [3.05, 3.63) is 24.3 Å². The van der Waals surface area contributed by atoms with Crippen LogP contribution >= 0.6 is 0 Å². The zero-order valence-electron chi connectivity index (χ0n) is 17.2. The maximum atomic E-state index is 12.2. The van der Waals surface area contributed by atoms with Crippen molar-refractivity contribution in [2.45, 2.75) is 71.1 Å². The van der Waals surface area contributed by atoms with Crippen LogP contribution in [0.5, 0.6) is 0 Å². The van der Waals surface area contributed by atoms with Crippen LogP contribution in [0, 0.1) is 23.7 Å². The average Bonchev–Trinajstić information content (AvgIpc) is 3.00. The summed E-state index contributed by atoms with van der Waals surface area (Å²) in [6.45, 7) is 2.13. The van der Waals surface area contributed by atoms with Gasteiger partial charge in [-0.15, -0.1) is 0 Å². The van der Waals surface area contributed by atoms with E-state index in [1.165, 1.54) is 7.11 Å². The van der Waals surface area contributed by atoms with E-state index in [1.807, 2.05) is 0 Å². The molecule has 156 valence electrons. The van der Waals surface area contributed by atoms with E-state index >= 15 is 0 Å². The highest BCUT2D eigenvalue weighted by molar-refractivity contribution is 5.97. The van der Waals surface area contributed by atoms with Crippen molar-refractivity contribution in [1.29, 1.82) is 0 Å². The summed E-state index contributed by atoms with van der Waals surface area (Å²) in [6.07, 6.45) is 18.2. The molecule has 0 bridgehead atoms. The minimum atomic E-state index is -0.360. The molecular weight excluding hydrogens is 356 g/mol. The molecule has 1 aliphatic heterocycles. The maximum Gasteiger partial charge on any atom is 0.318 e. The first kappa shape index (κ1) is 22.4.